The molecule has 0 aliphatic heterocycles. The van der Waals surface area contributed by atoms with Crippen molar-refractivity contribution in [2.24, 2.45) is 13.0 Å². The van der Waals surface area contributed by atoms with E-state index < -0.39 is 0 Å². The second-order valence-corrected chi connectivity index (χ2v) is 7.64. The number of rotatable bonds is 9. The molecule has 1 amide bonds. The summed E-state index contributed by atoms with van der Waals surface area (Å²) in [6.45, 7) is 5.45. The number of hydrogen-bond donors (Lipinski definition) is 0. The fourth-order valence-corrected chi connectivity index (χ4v) is 3.40. The monoisotopic (exact) mass is 370 g/mol. The topological polar surface area (TPSA) is 61.9 Å². The van der Waals surface area contributed by atoms with Gasteiger partial charge in [-0.2, -0.15) is 5.26 Å². The number of nitriles is 1. The maximum absolute atomic E-state index is 12.9. The van der Waals surface area contributed by atoms with Gasteiger partial charge in [0, 0.05) is 43.8 Å². The SMILES string of the molecule is CC(C)CCN(CCC#N)C(=O)c1cccc(CSc2nccn2C)c1. The van der Waals surface area contributed by atoms with E-state index in [1.54, 1.807) is 22.9 Å². The molecular formula is C20H26N4OS. The lowest BCUT2D eigenvalue weighted by Crippen LogP contribution is -2.33. The van der Waals surface area contributed by atoms with Crippen molar-refractivity contribution in [3.8, 4) is 6.07 Å². The summed E-state index contributed by atoms with van der Waals surface area (Å²) >= 11 is 1.65. The predicted molar refractivity (Wildman–Crippen MR) is 105 cm³/mol. The molecule has 1 aromatic heterocycles. The van der Waals surface area contributed by atoms with E-state index in [0.29, 0.717) is 31.0 Å². The minimum atomic E-state index is 0.00439. The van der Waals surface area contributed by atoms with Gasteiger partial charge in [-0.1, -0.05) is 37.7 Å². The van der Waals surface area contributed by atoms with Crippen molar-refractivity contribution < 1.29 is 4.79 Å². The third-order valence-electron chi connectivity index (χ3n) is 4.08. The van der Waals surface area contributed by atoms with E-state index in [9.17, 15) is 4.79 Å². The number of nitrogens with zero attached hydrogens (tertiary/aromatic N) is 4. The summed E-state index contributed by atoms with van der Waals surface area (Å²) in [5, 5.41) is 9.83. The van der Waals surface area contributed by atoms with Gasteiger partial charge in [-0.15, -0.1) is 0 Å². The van der Waals surface area contributed by atoms with Crippen LogP contribution in [0.5, 0.6) is 0 Å². The second-order valence-electron chi connectivity index (χ2n) is 6.69. The highest BCUT2D eigenvalue weighted by Gasteiger charge is 2.16. The molecule has 0 aliphatic rings. The molecule has 26 heavy (non-hydrogen) atoms. The van der Waals surface area contributed by atoms with Crippen molar-refractivity contribution >= 4 is 17.7 Å². The molecule has 0 radical (unpaired) electrons. The smallest absolute Gasteiger partial charge is 0.253 e. The van der Waals surface area contributed by atoms with Crippen molar-refractivity contribution in [2.45, 2.75) is 37.6 Å². The van der Waals surface area contributed by atoms with Crippen LogP contribution in [-0.4, -0.2) is 33.4 Å². The molecule has 0 saturated heterocycles. The number of hydrogen-bond acceptors (Lipinski definition) is 4. The van der Waals surface area contributed by atoms with Crippen LogP contribution in [0, 0.1) is 17.2 Å². The van der Waals surface area contributed by atoms with Gasteiger partial charge in [0.2, 0.25) is 0 Å². The Kier molecular flexibility index (Phi) is 7.73. The number of carbonyl (C=O) groups excluding carboxylic acids is 1. The molecule has 0 fully saturated rings. The van der Waals surface area contributed by atoms with Gasteiger partial charge < -0.3 is 9.47 Å². The highest BCUT2D eigenvalue weighted by Crippen LogP contribution is 2.21. The molecule has 2 rings (SSSR count). The lowest BCUT2D eigenvalue weighted by atomic mass is 10.1. The van der Waals surface area contributed by atoms with Crippen LogP contribution < -0.4 is 0 Å². The normalized spacial score (nSPS) is 10.7. The van der Waals surface area contributed by atoms with Gasteiger partial charge in [0.05, 0.1) is 12.5 Å². The number of aryl methyl sites for hydroxylation is 1. The number of aromatic nitrogens is 2. The van der Waals surface area contributed by atoms with Gasteiger partial charge in [-0.25, -0.2) is 4.98 Å². The summed E-state index contributed by atoms with van der Waals surface area (Å²) in [5.74, 6) is 1.29. The quantitative estimate of drug-likeness (QED) is 0.623. The van der Waals surface area contributed by atoms with Crippen LogP contribution in [0.4, 0.5) is 0 Å². The van der Waals surface area contributed by atoms with Crippen molar-refractivity contribution in [1.29, 1.82) is 5.26 Å². The first-order chi connectivity index (χ1) is 12.5. The zero-order chi connectivity index (χ0) is 18.9. The van der Waals surface area contributed by atoms with E-state index >= 15 is 0 Å². The third-order valence-corrected chi connectivity index (χ3v) is 5.21. The van der Waals surface area contributed by atoms with Crippen LogP contribution in [0.25, 0.3) is 0 Å². The highest BCUT2D eigenvalue weighted by molar-refractivity contribution is 7.98. The Morgan fingerprint density at radius 1 is 1.38 bits per heavy atom. The molecule has 1 heterocycles. The molecular weight excluding hydrogens is 344 g/mol. The van der Waals surface area contributed by atoms with Gasteiger partial charge >= 0.3 is 0 Å². The lowest BCUT2D eigenvalue weighted by Gasteiger charge is -2.23. The van der Waals surface area contributed by atoms with Gasteiger partial charge in [-0.05, 0) is 30.0 Å². The van der Waals surface area contributed by atoms with Crippen LogP contribution in [0.1, 0.15) is 42.6 Å². The molecule has 1 aromatic carbocycles. The minimum Gasteiger partial charge on any atom is -0.338 e. The predicted octanol–water partition coefficient (Wildman–Crippen LogP) is 4.11. The summed E-state index contributed by atoms with van der Waals surface area (Å²) in [4.78, 5) is 19.0. The first-order valence-corrected chi connectivity index (χ1v) is 9.85. The second kappa shape index (κ2) is 10.0. The molecule has 0 spiro atoms. The fraction of sp³-hybridized carbons (Fsp3) is 0.450. The summed E-state index contributed by atoms with van der Waals surface area (Å²) in [6, 6.07) is 9.89. The zero-order valence-corrected chi connectivity index (χ0v) is 16.5. The Labute approximate surface area is 160 Å². The first-order valence-electron chi connectivity index (χ1n) is 8.86. The molecule has 2 aromatic rings. The van der Waals surface area contributed by atoms with E-state index in [1.807, 2.05) is 42.1 Å². The number of benzene rings is 1. The van der Waals surface area contributed by atoms with Crippen molar-refractivity contribution in [2.75, 3.05) is 13.1 Å². The summed E-state index contributed by atoms with van der Waals surface area (Å²) in [7, 11) is 1.97. The van der Waals surface area contributed by atoms with Gasteiger partial charge in [0.15, 0.2) is 5.16 Å². The molecule has 0 unspecified atom stereocenters. The Morgan fingerprint density at radius 3 is 2.85 bits per heavy atom. The Hall–Kier alpha value is -2.26. The fourth-order valence-electron chi connectivity index (χ4n) is 2.53. The Morgan fingerprint density at radius 2 is 2.19 bits per heavy atom. The van der Waals surface area contributed by atoms with Crippen LogP contribution in [0.3, 0.4) is 0 Å². The summed E-state index contributed by atoms with van der Waals surface area (Å²) < 4.78 is 1.98. The summed E-state index contributed by atoms with van der Waals surface area (Å²) in [5.41, 5.74) is 1.78. The average molecular weight is 371 g/mol. The standard InChI is InChI=1S/C20H26N4OS/c1-16(2)8-12-24(11-5-9-21)19(25)18-7-4-6-17(14-18)15-26-20-22-10-13-23(20)3/h4,6-7,10,13-14,16H,5,8,11-12,15H2,1-3H3. The maximum Gasteiger partial charge on any atom is 0.253 e. The Balaban J connectivity index is 2.06. The van der Waals surface area contributed by atoms with Gasteiger partial charge in [0.25, 0.3) is 5.91 Å². The average Bonchev–Trinajstić information content (AvgIpc) is 3.04. The zero-order valence-electron chi connectivity index (χ0n) is 15.7. The van der Waals surface area contributed by atoms with Crippen LogP contribution in [0.2, 0.25) is 0 Å². The molecule has 0 saturated carbocycles. The number of amides is 1. The van der Waals surface area contributed by atoms with E-state index in [4.69, 9.17) is 5.26 Å². The van der Waals surface area contributed by atoms with E-state index in [0.717, 1.165) is 22.9 Å². The van der Waals surface area contributed by atoms with E-state index in [2.05, 4.69) is 24.9 Å². The van der Waals surface area contributed by atoms with E-state index in [-0.39, 0.29) is 5.91 Å². The van der Waals surface area contributed by atoms with Crippen molar-refractivity contribution in [3.63, 3.8) is 0 Å². The third kappa shape index (κ3) is 5.92. The highest BCUT2D eigenvalue weighted by atomic mass is 32.2. The maximum atomic E-state index is 12.9. The first kappa shape index (κ1) is 20.1. The Bertz CT molecular complexity index is 763. The lowest BCUT2D eigenvalue weighted by molar-refractivity contribution is 0.0752. The summed E-state index contributed by atoms with van der Waals surface area (Å²) in [6.07, 6.45) is 5.00. The molecule has 138 valence electrons. The minimum absolute atomic E-state index is 0.00439. The molecule has 0 N–H and O–H groups in total. The molecule has 6 heteroatoms. The number of thioether (sulfide) groups is 1. The molecule has 5 nitrogen and oxygen atoms in total. The van der Waals surface area contributed by atoms with Crippen molar-refractivity contribution in [3.05, 3.63) is 47.8 Å². The largest absolute Gasteiger partial charge is 0.338 e. The molecule has 0 bridgehead atoms. The van der Waals surface area contributed by atoms with Crippen LogP contribution in [-0.2, 0) is 12.8 Å². The van der Waals surface area contributed by atoms with Crippen molar-refractivity contribution in [1.82, 2.24) is 14.5 Å². The van der Waals surface area contributed by atoms with Gasteiger partial charge in [-0.3, -0.25) is 4.79 Å². The molecule has 0 aliphatic carbocycles. The molecule has 0 atom stereocenters. The van der Waals surface area contributed by atoms with E-state index in [1.165, 1.54) is 0 Å². The van der Waals surface area contributed by atoms with Crippen LogP contribution >= 0.6 is 11.8 Å². The number of carbonyl (C=O) groups is 1. The number of imidazole rings is 1. The van der Waals surface area contributed by atoms with Crippen LogP contribution in [0.15, 0.2) is 41.8 Å². The van der Waals surface area contributed by atoms with Gasteiger partial charge in [0.1, 0.15) is 0 Å².